The van der Waals surface area contributed by atoms with Crippen molar-refractivity contribution in [2.45, 2.75) is 6.54 Å². The zero-order valence-corrected chi connectivity index (χ0v) is 10.6. The summed E-state index contributed by atoms with van der Waals surface area (Å²) in [6.07, 6.45) is 0. The summed E-state index contributed by atoms with van der Waals surface area (Å²) in [4.78, 5) is 10.0. The minimum Gasteiger partial charge on any atom is -0.351 e. The third kappa shape index (κ3) is 2.58. The zero-order chi connectivity index (χ0) is 11.5. The van der Waals surface area contributed by atoms with Gasteiger partial charge >= 0.3 is 0 Å². The number of anilines is 1. The first kappa shape index (κ1) is 11.5. The standard InChI is InChI=1S/C8H7Cl2N5S/c1-15(2-5-3-16-4-11-5)7-6(9)13-14-8(10)12-7/h3-4H,2H2,1H3. The third-order valence-corrected chi connectivity index (χ3v) is 2.89. The fourth-order valence-corrected chi connectivity index (χ4v) is 2.05. The number of halogens is 2. The van der Waals surface area contributed by atoms with E-state index in [4.69, 9.17) is 23.2 Å². The molecule has 5 nitrogen and oxygen atoms in total. The Hall–Kier alpha value is -0.980. The number of aromatic nitrogens is 4. The van der Waals surface area contributed by atoms with Gasteiger partial charge in [-0.2, -0.15) is 4.98 Å². The van der Waals surface area contributed by atoms with Crippen LogP contribution in [0.2, 0.25) is 10.4 Å². The first-order valence-electron chi connectivity index (χ1n) is 4.30. The predicted octanol–water partition coefficient (Wildman–Crippen LogP) is 2.27. The molecule has 84 valence electrons. The van der Waals surface area contributed by atoms with Crippen molar-refractivity contribution in [1.29, 1.82) is 0 Å². The molecule has 0 aliphatic rings. The summed E-state index contributed by atoms with van der Waals surface area (Å²) < 4.78 is 0. The lowest BCUT2D eigenvalue weighted by atomic mass is 10.4. The molecule has 8 heteroatoms. The van der Waals surface area contributed by atoms with Gasteiger partial charge in [-0.05, 0) is 11.6 Å². The number of rotatable bonds is 3. The zero-order valence-electron chi connectivity index (χ0n) is 8.26. The average molecular weight is 276 g/mol. The number of hydrogen-bond acceptors (Lipinski definition) is 6. The van der Waals surface area contributed by atoms with Gasteiger partial charge in [-0.25, -0.2) is 4.98 Å². The van der Waals surface area contributed by atoms with Crippen molar-refractivity contribution in [3.8, 4) is 0 Å². The molecule has 2 aromatic rings. The summed E-state index contributed by atoms with van der Waals surface area (Å²) in [6.45, 7) is 0.595. The van der Waals surface area contributed by atoms with Crippen molar-refractivity contribution in [2.75, 3.05) is 11.9 Å². The van der Waals surface area contributed by atoms with Gasteiger partial charge in [0.1, 0.15) is 0 Å². The van der Waals surface area contributed by atoms with Crippen molar-refractivity contribution in [3.63, 3.8) is 0 Å². The molecule has 0 spiro atoms. The van der Waals surface area contributed by atoms with Crippen LogP contribution in [0.4, 0.5) is 5.82 Å². The van der Waals surface area contributed by atoms with E-state index in [0.717, 1.165) is 5.69 Å². The second-order valence-electron chi connectivity index (χ2n) is 3.03. The highest BCUT2D eigenvalue weighted by atomic mass is 35.5. The lowest BCUT2D eigenvalue weighted by molar-refractivity contribution is 0.847. The molecule has 0 saturated heterocycles. The number of thiazole rings is 1. The molecule has 0 N–H and O–H groups in total. The monoisotopic (exact) mass is 275 g/mol. The summed E-state index contributed by atoms with van der Waals surface area (Å²) in [5.74, 6) is 0.495. The van der Waals surface area contributed by atoms with E-state index in [-0.39, 0.29) is 10.4 Å². The van der Waals surface area contributed by atoms with Crippen molar-refractivity contribution < 1.29 is 0 Å². The molecule has 0 aliphatic carbocycles. The number of nitrogens with zero attached hydrogens (tertiary/aromatic N) is 5. The maximum atomic E-state index is 5.88. The van der Waals surface area contributed by atoms with Gasteiger partial charge in [-0.1, -0.05) is 11.6 Å². The second kappa shape index (κ2) is 4.90. The van der Waals surface area contributed by atoms with Crippen LogP contribution in [-0.2, 0) is 6.54 Å². The van der Waals surface area contributed by atoms with Crippen LogP contribution >= 0.6 is 34.5 Å². The van der Waals surface area contributed by atoms with Crippen molar-refractivity contribution in [3.05, 3.63) is 27.0 Å². The van der Waals surface area contributed by atoms with E-state index in [1.54, 1.807) is 5.51 Å². The van der Waals surface area contributed by atoms with Crippen LogP contribution in [0.25, 0.3) is 0 Å². The molecule has 0 amide bonds. The number of hydrogen-bond donors (Lipinski definition) is 0. The van der Waals surface area contributed by atoms with Crippen LogP contribution in [0.3, 0.4) is 0 Å². The molecule has 2 heterocycles. The first-order valence-corrected chi connectivity index (χ1v) is 6.00. The molecule has 0 unspecified atom stereocenters. The highest BCUT2D eigenvalue weighted by Crippen LogP contribution is 2.21. The average Bonchev–Trinajstić information content (AvgIpc) is 2.74. The normalized spacial score (nSPS) is 10.4. The van der Waals surface area contributed by atoms with E-state index < -0.39 is 0 Å². The quantitative estimate of drug-likeness (QED) is 0.860. The van der Waals surface area contributed by atoms with Gasteiger partial charge in [0.25, 0.3) is 0 Å². The summed E-state index contributed by atoms with van der Waals surface area (Å²) >= 11 is 13.1. The SMILES string of the molecule is CN(Cc1cscn1)c1nc(Cl)nnc1Cl. The summed E-state index contributed by atoms with van der Waals surface area (Å²) in [6, 6.07) is 0. The van der Waals surface area contributed by atoms with E-state index >= 15 is 0 Å². The topological polar surface area (TPSA) is 54.8 Å². The smallest absolute Gasteiger partial charge is 0.245 e. The Balaban J connectivity index is 2.20. The fraction of sp³-hybridized carbons (Fsp3) is 0.250. The van der Waals surface area contributed by atoms with Gasteiger partial charge in [-0.15, -0.1) is 21.5 Å². The molecule has 0 radical (unpaired) electrons. The fourth-order valence-electron chi connectivity index (χ4n) is 1.16. The molecule has 0 bridgehead atoms. The highest BCUT2D eigenvalue weighted by molar-refractivity contribution is 7.07. The minimum atomic E-state index is 0.0736. The van der Waals surface area contributed by atoms with Gasteiger partial charge in [0.2, 0.25) is 5.28 Å². The molecule has 0 aromatic carbocycles. The molecule has 0 atom stereocenters. The molecule has 16 heavy (non-hydrogen) atoms. The Bertz CT molecular complexity index is 475. The van der Waals surface area contributed by atoms with Gasteiger partial charge in [-0.3, -0.25) is 0 Å². The maximum Gasteiger partial charge on any atom is 0.245 e. The van der Waals surface area contributed by atoms with E-state index in [0.29, 0.717) is 12.4 Å². The predicted molar refractivity (Wildman–Crippen MR) is 64.1 cm³/mol. The van der Waals surface area contributed by atoms with Gasteiger partial charge in [0.05, 0.1) is 17.7 Å². The highest BCUT2D eigenvalue weighted by Gasteiger charge is 2.12. The first-order chi connectivity index (χ1) is 7.66. The maximum absolute atomic E-state index is 5.88. The van der Waals surface area contributed by atoms with Crippen LogP contribution in [0, 0.1) is 0 Å². The van der Waals surface area contributed by atoms with Crippen molar-refractivity contribution in [1.82, 2.24) is 20.2 Å². The lowest BCUT2D eigenvalue weighted by Gasteiger charge is -2.16. The molecule has 2 rings (SSSR count). The third-order valence-electron chi connectivity index (χ3n) is 1.85. The molecular formula is C8H7Cl2N5S. The summed E-state index contributed by atoms with van der Waals surface area (Å²) in [5.41, 5.74) is 2.72. The Morgan fingerprint density at radius 2 is 2.19 bits per heavy atom. The van der Waals surface area contributed by atoms with Crippen LogP contribution in [0.15, 0.2) is 10.9 Å². The molecule has 0 saturated carbocycles. The van der Waals surface area contributed by atoms with Gasteiger partial charge in [0.15, 0.2) is 11.0 Å². The molecule has 0 aliphatic heterocycles. The van der Waals surface area contributed by atoms with Crippen LogP contribution in [0.1, 0.15) is 5.69 Å². The van der Waals surface area contributed by atoms with E-state index in [2.05, 4.69) is 20.2 Å². The molecule has 0 fully saturated rings. The Kier molecular flexibility index (Phi) is 3.52. The Labute approximate surface area is 106 Å². The summed E-state index contributed by atoms with van der Waals surface area (Å²) in [5, 5.41) is 9.50. The minimum absolute atomic E-state index is 0.0736. The Morgan fingerprint density at radius 3 is 2.88 bits per heavy atom. The molecule has 2 aromatic heterocycles. The lowest BCUT2D eigenvalue weighted by Crippen LogP contribution is -2.19. The van der Waals surface area contributed by atoms with E-state index in [9.17, 15) is 0 Å². The van der Waals surface area contributed by atoms with Crippen LogP contribution in [0.5, 0.6) is 0 Å². The van der Waals surface area contributed by atoms with E-state index in [1.807, 2.05) is 17.3 Å². The largest absolute Gasteiger partial charge is 0.351 e. The van der Waals surface area contributed by atoms with Crippen molar-refractivity contribution >= 4 is 40.4 Å². The van der Waals surface area contributed by atoms with Crippen LogP contribution < -0.4 is 4.90 Å². The summed E-state index contributed by atoms with van der Waals surface area (Å²) in [7, 11) is 1.84. The van der Waals surface area contributed by atoms with Crippen LogP contribution in [-0.4, -0.2) is 27.2 Å². The van der Waals surface area contributed by atoms with Gasteiger partial charge < -0.3 is 4.90 Å². The van der Waals surface area contributed by atoms with E-state index in [1.165, 1.54) is 11.3 Å². The Morgan fingerprint density at radius 1 is 1.38 bits per heavy atom. The molecular weight excluding hydrogens is 269 g/mol. The van der Waals surface area contributed by atoms with Crippen molar-refractivity contribution in [2.24, 2.45) is 0 Å². The van der Waals surface area contributed by atoms with Gasteiger partial charge in [0, 0.05) is 12.4 Å². The second-order valence-corrected chi connectivity index (χ2v) is 4.45.